The quantitative estimate of drug-likeness (QED) is 0.535. The Kier molecular flexibility index (Phi) is 6.58. The molecule has 0 aromatic carbocycles. The van der Waals surface area contributed by atoms with E-state index in [-0.39, 0.29) is 0 Å². The fraction of sp³-hybridized carbons (Fsp3) is 0.583. The summed E-state index contributed by atoms with van der Waals surface area (Å²) in [5, 5.41) is 0.591. The van der Waals surface area contributed by atoms with Crippen molar-refractivity contribution in [3.8, 4) is 5.88 Å². The number of alkyl halides is 1. The van der Waals surface area contributed by atoms with Crippen molar-refractivity contribution in [3.63, 3.8) is 0 Å². The van der Waals surface area contributed by atoms with E-state index >= 15 is 0 Å². The van der Waals surface area contributed by atoms with E-state index in [0.29, 0.717) is 23.4 Å². The van der Waals surface area contributed by atoms with Crippen LogP contribution in [0.3, 0.4) is 0 Å². The van der Waals surface area contributed by atoms with E-state index in [2.05, 4.69) is 11.9 Å². The fourth-order valence-corrected chi connectivity index (χ4v) is 1.81. The summed E-state index contributed by atoms with van der Waals surface area (Å²) >= 11 is 11.6. The summed E-state index contributed by atoms with van der Waals surface area (Å²) in [7, 11) is 0. The lowest BCUT2D eigenvalue weighted by atomic mass is 10.2. The van der Waals surface area contributed by atoms with Gasteiger partial charge in [0.1, 0.15) is 0 Å². The molecule has 0 spiro atoms. The standard InChI is InChI=1S/C12H17Cl2NO/c1-2-3-4-5-6-16-12-7-10(8-13)11(14)9-15-12/h7,9H,2-6,8H2,1H3. The van der Waals surface area contributed by atoms with Crippen LogP contribution in [0.15, 0.2) is 12.3 Å². The fourth-order valence-electron chi connectivity index (χ4n) is 1.35. The monoisotopic (exact) mass is 261 g/mol. The SMILES string of the molecule is CCCCCCOc1cc(CCl)c(Cl)cn1. The molecule has 1 rings (SSSR count). The maximum atomic E-state index is 5.90. The van der Waals surface area contributed by atoms with Gasteiger partial charge < -0.3 is 4.74 Å². The van der Waals surface area contributed by atoms with Gasteiger partial charge in [-0.3, -0.25) is 0 Å². The molecule has 0 aliphatic heterocycles. The molecule has 0 saturated carbocycles. The highest BCUT2D eigenvalue weighted by molar-refractivity contribution is 6.32. The molecular weight excluding hydrogens is 245 g/mol. The summed E-state index contributed by atoms with van der Waals surface area (Å²) in [6, 6.07) is 1.80. The van der Waals surface area contributed by atoms with Crippen LogP contribution in [0, 0.1) is 0 Å². The maximum Gasteiger partial charge on any atom is 0.213 e. The van der Waals surface area contributed by atoms with Crippen LogP contribution in [0.1, 0.15) is 38.2 Å². The lowest BCUT2D eigenvalue weighted by molar-refractivity contribution is 0.293. The van der Waals surface area contributed by atoms with Gasteiger partial charge in [0.15, 0.2) is 0 Å². The highest BCUT2D eigenvalue weighted by Gasteiger charge is 2.02. The number of aromatic nitrogens is 1. The Hall–Kier alpha value is -0.470. The Bertz CT molecular complexity index is 318. The van der Waals surface area contributed by atoms with Crippen molar-refractivity contribution < 1.29 is 4.74 Å². The molecule has 0 aliphatic rings. The minimum Gasteiger partial charge on any atom is -0.478 e. The second-order valence-electron chi connectivity index (χ2n) is 3.66. The van der Waals surface area contributed by atoms with E-state index in [1.165, 1.54) is 19.3 Å². The second kappa shape index (κ2) is 7.75. The number of nitrogens with zero attached hydrogens (tertiary/aromatic N) is 1. The third-order valence-corrected chi connectivity index (χ3v) is 2.93. The van der Waals surface area contributed by atoms with Gasteiger partial charge in [-0.1, -0.05) is 37.8 Å². The minimum absolute atomic E-state index is 0.382. The first-order valence-electron chi connectivity index (χ1n) is 5.61. The summed E-state index contributed by atoms with van der Waals surface area (Å²) in [4.78, 5) is 4.09. The van der Waals surface area contributed by atoms with E-state index in [4.69, 9.17) is 27.9 Å². The maximum absolute atomic E-state index is 5.90. The Morgan fingerprint density at radius 1 is 1.31 bits per heavy atom. The van der Waals surface area contributed by atoms with E-state index in [1.807, 2.05) is 0 Å². The molecule has 2 nitrogen and oxygen atoms in total. The zero-order chi connectivity index (χ0) is 11.8. The normalized spacial score (nSPS) is 10.4. The molecule has 0 aliphatic carbocycles. The van der Waals surface area contributed by atoms with Crippen molar-refractivity contribution in [1.82, 2.24) is 4.98 Å². The van der Waals surface area contributed by atoms with Crippen LogP contribution >= 0.6 is 23.2 Å². The number of ether oxygens (including phenoxy) is 1. The van der Waals surface area contributed by atoms with Crippen molar-refractivity contribution in [1.29, 1.82) is 0 Å². The molecule has 1 aromatic rings. The molecule has 16 heavy (non-hydrogen) atoms. The predicted octanol–water partition coefficient (Wildman–Crippen LogP) is 4.43. The van der Waals surface area contributed by atoms with Crippen LogP contribution in [-0.2, 0) is 5.88 Å². The van der Waals surface area contributed by atoms with Gasteiger partial charge in [0, 0.05) is 18.1 Å². The van der Waals surface area contributed by atoms with Crippen LogP contribution in [0.2, 0.25) is 5.02 Å². The second-order valence-corrected chi connectivity index (χ2v) is 4.33. The van der Waals surface area contributed by atoms with Gasteiger partial charge in [0.25, 0.3) is 0 Å². The average molecular weight is 262 g/mol. The lowest BCUT2D eigenvalue weighted by Crippen LogP contribution is -1.99. The van der Waals surface area contributed by atoms with Crippen molar-refractivity contribution >= 4 is 23.2 Å². The summed E-state index contributed by atoms with van der Waals surface area (Å²) in [5.41, 5.74) is 0.863. The number of unbranched alkanes of at least 4 members (excludes halogenated alkanes) is 3. The van der Waals surface area contributed by atoms with Crippen LogP contribution in [-0.4, -0.2) is 11.6 Å². The van der Waals surface area contributed by atoms with Gasteiger partial charge >= 0.3 is 0 Å². The molecule has 0 bridgehead atoms. The van der Waals surface area contributed by atoms with Gasteiger partial charge in [-0.15, -0.1) is 11.6 Å². The minimum atomic E-state index is 0.382. The zero-order valence-electron chi connectivity index (χ0n) is 9.51. The van der Waals surface area contributed by atoms with E-state index in [0.717, 1.165) is 12.0 Å². The molecule has 0 saturated heterocycles. The molecule has 1 aromatic heterocycles. The highest BCUT2D eigenvalue weighted by Crippen LogP contribution is 2.21. The van der Waals surface area contributed by atoms with Crippen LogP contribution in [0.4, 0.5) is 0 Å². The number of halogens is 2. The molecule has 4 heteroatoms. The van der Waals surface area contributed by atoms with Crippen molar-refractivity contribution in [3.05, 3.63) is 22.8 Å². The Morgan fingerprint density at radius 2 is 2.12 bits per heavy atom. The summed E-state index contributed by atoms with van der Waals surface area (Å²) < 4.78 is 5.52. The Morgan fingerprint density at radius 3 is 2.81 bits per heavy atom. The molecule has 1 heterocycles. The Balaban J connectivity index is 2.36. The van der Waals surface area contributed by atoms with Crippen molar-refractivity contribution in [2.75, 3.05) is 6.61 Å². The van der Waals surface area contributed by atoms with E-state index < -0.39 is 0 Å². The first-order valence-corrected chi connectivity index (χ1v) is 6.52. The number of hydrogen-bond donors (Lipinski definition) is 0. The van der Waals surface area contributed by atoms with Gasteiger partial charge in [-0.25, -0.2) is 4.98 Å². The average Bonchev–Trinajstić information content (AvgIpc) is 2.31. The molecule has 0 N–H and O–H groups in total. The van der Waals surface area contributed by atoms with Gasteiger partial charge in [-0.05, 0) is 12.0 Å². The predicted molar refractivity (Wildman–Crippen MR) is 68.4 cm³/mol. The van der Waals surface area contributed by atoms with Crippen LogP contribution in [0.5, 0.6) is 5.88 Å². The van der Waals surface area contributed by atoms with E-state index in [1.54, 1.807) is 12.3 Å². The smallest absolute Gasteiger partial charge is 0.213 e. The first kappa shape index (κ1) is 13.6. The number of hydrogen-bond acceptors (Lipinski definition) is 2. The third kappa shape index (κ3) is 4.58. The summed E-state index contributed by atoms with van der Waals surface area (Å²) in [5.74, 6) is 0.990. The number of rotatable bonds is 7. The van der Waals surface area contributed by atoms with Crippen molar-refractivity contribution in [2.45, 2.75) is 38.5 Å². The van der Waals surface area contributed by atoms with Crippen molar-refractivity contribution in [2.24, 2.45) is 0 Å². The van der Waals surface area contributed by atoms with Crippen LogP contribution < -0.4 is 4.74 Å². The molecule has 0 atom stereocenters. The Labute approximate surface area is 107 Å². The first-order chi connectivity index (χ1) is 7.77. The lowest BCUT2D eigenvalue weighted by Gasteiger charge is -2.06. The topological polar surface area (TPSA) is 22.1 Å². The molecule has 0 fully saturated rings. The largest absolute Gasteiger partial charge is 0.478 e. The summed E-state index contributed by atoms with van der Waals surface area (Å²) in [6.45, 7) is 2.89. The molecule has 0 amide bonds. The summed E-state index contributed by atoms with van der Waals surface area (Å²) in [6.07, 6.45) is 6.33. The third-order valence-electron chi connectivity index (χ3n) is 2.30. The van der Waals surface area contributed by atoms with Gasteiger partial charge in [0.05, 0.1) is 11.6 Å². The zero-order valence-corrected chi connectivity index (χ0v) is 11.0. The molecule has 90 valence electrons. The van der Waals surface area contributed by atoms with Gasteiger partial charge in [-0.2, -0.15) is 0 Å². The molecule has 0 radical (unpaired) electrons. The number of pyridine rings is 1. The highest BCUT2D eigenvalue weighted by atomic mass is 35.5. The van der Waals surface area contributed by atoms with E-state index in [9.17, 15) is 0 Å². The van der Waals surface area contributed by atoms with Gasteiger partial charge in [0.2, 0.25) is 5.88 Å². The molecule has 0 unspecified atom stereocenters. The molecular formula is C12H17Cl2NO. The van der Waals surface area contributed by atoms with Crippen LogP contribution in [0.25, 0.3) is 0 Å².